The minimum atomic E-state index is -1.34. The Morgan fingerprint density at radius 1 is 1.34 bits per heavy atom. The first-order valence-corrected chi connectivity index (χ1v) is 9.86. The van der Waals surface area contributed by atoms with Gasteiger partial charge >= 0.3 is 5.97 Å². The number of hydrogen-bond donors (Lipinski definition) is 2. The first-order chi connectivity index (χ1) is 13.9. The van der Waals surface area contributed by atoms with E-state index in [2.05, 4.69) is 0 Å². The molecule has 1 saturated heterocycles. The summed E-state index contributed by atoms with van der Waals surface area (Å²) in [6.45, 7) is 1.46. The average molecular weight is 402 g/mol. The van der Waals surface area contributed by atoms with Crippen LogP contribution in [0.15, 0.2) is 17.1 Å². The maximum Gasteiger partial charge on any atom is 0.341 e. The monoisotopic (exact) mass is 402 g/mol. The van der Waals surface area contributed by atoms with E-state index in [4.69, 9.17) is 10.5 Å². The zero-order valence-corrected chi connectivity index (χ0v) is 16.1. The fourth-order valence-electron chi connectivity index (χ4n) is 5.17. The lowest BCUT2D eigenvalue weighted by Crippen LogP contribution is -2.40. The number of fused-ring (bicyclic) bond motifs is 1. The van der Waals surface area contributed by atoms with Crippen LogP contribution in [-0.2, 0) is 0 Å². The van der Waals surface area contributed by atoms with Crippen molar-refractivity contribution in [2.75, 3.05) is 36.8 Å². The van der Waals surface area contributed by atoms with Crippen molar-refractivity contribution < 1.29 is 19.0 Å². The van der Waals surface area contributed by atoms with E-state index in [1.165, 1.54) is 6.20 Å². The van der Waals surface area contributed by atoms with Gasteiger partial charge in [-0.3, -0.25) is 14.5 Å². The van der Waals surface area contributed by atoms with Gasteiger partial charge in [0.2, 0.25) is 5.43 Å². The zero-order valence-electron chi connectivity index (χ0n) is 16.1. The van der Waals surface area contributed by atoms with Crippen molar-refractivity contribution in [3.8, 4) is 5.75 Å². The minimum Gasteiger partial charge on any atom is -0.477 e. The third kappa shape index (κ3) is 2.60. The molecular formula is C20H23FN4O4. The van der Waals surface area contributed by atoms with Crippen molar-refractivity contribution >= 4 is 22.6 Å². The lowest BCUT2D eigenvalue weighted by Gasteiger charge is -2.33. The highest BCUT2D eigenvalue weighted by Gasteiger charge is 2.41. The third-order valence-corrected chi connectivity index (χ3v) is 6.62. The predicted molar refractivity (Wildman–Crippen MR) is 106 cm³/mol. The molecule has 0 bridgehead atoms. The number of anilines is 1. The Bertz CT molecular complexity index is 1080. The lowest BCUT2D eigenvalue weighted by molar-refractivity contribution is 0.0694. The van der Waals surface area contributed by atoms with E-state index >= 15 is 4.39 Å². The van der Waals surface area contributed by atoms with Crippen molar-refractivity contribution in [3.05, 3.63) is 33.9 Å². The minimum absolute atomic E-state index is 0.000940. The van der Waals surface area contributed by atoms with Crippen molar-refractivity contribution in [1.29, 1.82) is 0 Å². The molecule has 3 atom stereocenters. The van der Waals surface area contributed by atoms with E-state index < -0.39 is 22.8 Å². The van der Waals surface area contributed by atoms with Gasteiger partial charge in [0.1, 0.15) is 16.8 Å². The quantitative estimate of drug-likeness (QED) is 0.781. The van der Waals surface area contributed by atoms with E-state index in [1.54, 1.807) is 16.7 Å². The van der Waals surface area contributed by atoms with Crippen LogP contribution < -0.4 is 25.8 Å². The van der Waals surface area contributed by atoms with Crippen LogP contribution >= 0.6 is 0 Å². The largest absolute Gasteiger partial charge is 0.477 e. The van der Waals surface area contributed by atoms with Gasteiger partial charge in [0, 0.05) is 32.4 Å². The van der Waals surface area contributed by atoms with Gasteiger partial charge in [0.05, 0.1) is 5.39 Å². The first-order valence-electron chi connectivity index (χ1n) is 9.86. The maximum atomic E-state index is 15.3. The average Bonchev–Trinajstić information content (AvgIpc) is 3.10. The molecule has 0 spiro atoms. The SMILES string of the molecule is CN1COc2c(N3C[C@@H]4CCC[C@H](N)[C@@H]4C3)c(F)cc3c(=O)c(C(=O)O)cn1c23. The smallest absolute Gasteiger partial charge is 0.341 e. The number of rotatable bonds is 2. The van der Waals surface area contributed by atoms with Crippen LogP contribution in [0.2, 0.25) is 0 Å². The van der Waals surface area contributed by atoms with E-state index in [9.17, 15) is 14.7 Å². The van der Waals surface area contributed by atoms with Crippen LogP contribution in [0, 0.1) is 17.7 Å². The second-order valence-electron chi connectivity index (χ2n) is 8.31. The van der Waals surface area contributed by atoms with Crippen molar-refractivity contribution in [2.24, 2.45) is 17.6 Å². The molecule has 1 aliphatic carbocycles. The van der Waals surface area contributed by atoms with Crippen molar-refractivity contribution in [2.45, 2.75) is 25.3 Å². The molecule has 1 saturated carbocycles. The van der Waals surface area contributed by atoms with Crippen LogP contribution in [0.3, 0.4) is 0 Å². The number of ether oxygens (including phenoxy) is 1. The Balaban J connectivity index is 1.71. The summed E-state index contributed by atoms with van der Waals surface area (Å²) < 4.78 is 22.7. The van der Waals surface area contributed by atoms with Crippen LogP contribution in [0.4, 0.5) is 10.1 Å². The summed E-state index contributed by atoms with van der Waals surface area (Å²) in [6.07, 6.45) is 4.43. The molecule has 2 aromatic rings. The number of pyridine rings is 1. The predicted octanol–water partition coefficient (Wildman–Crippen LogP) is 1.32. The molecule has 5 rings (SSSR count). The highest BCUT2D eigenvalue weighted by Crippen LogP contribution is 2.45. The Morgan fingerprint density at radius 3 is 2.86 bits per heavy atom. The lowest BCUT2D eigenvalue weighted by atomic mass is 9.78. The second-order valence-corrected chi connectivity index (χ2v) is 8.31. The van der Waals surface area contributed by atoms with Gasteiger partial charge in [-0.05, 0) is 30.7 Å². The van der Waals surface area contributed by atoms with Gasteiger partial charge in [-0.15, -0.1) is 0 Å². The molecule has 0 radical (unpaired) electrons. The summed E-state index contributed by atoms with van der Waals surface area (Å²) in [5.74, 6) is -0.892. The molecule has 2 fully saturated rings. The molecule has 3 aliphatic rings. The molecule has 29 heavy (non-hydrogen) atoms. The number of hydrogen-bond acceptors (Lipinski definition) is 6. The topological polar surface area (TPSA) is 101 Å². The highest BCUT2D eigenvalue weighted by molar-refractivity contribution is 5.97. The standard InChI is InChI=1S/C20H23FN4O4/c1-23-9-29-19-16-11(18(26)13(20(27)28)8-25(16)23)5-14(21)17(19)24-6-10-3-2-4-15(22)12(10)7-24/h5,8,10,12,15H,2-4,6-7,9,22H2,1H3,(H,27,28)/t10-,12+,15-/m0/s1. The Kier molecular flexibility index (Phi) is 3.99. The molecular weight excluding hydrogens is 379 g/mol. The number of nitrogens with zero attached hydrogens (tertiary/aromatic N) is 3. The molecule has 2 aliphatic heterocycles. The van der Waals surface area contributed by atoms with Gasteiger partial charge in [0.15, 0.2) is 18.3 Å². The van der Waals surface area contributed by atoms with E-state index in [1.807, 2.05) is 4.90 Å². The Hall–Kier alpha value is -2.81. The summed E-state index contributed by atoms with van der Waals surface area (Å²) in [5.41, 5.74) is 5.93. The maximum absolute atomic E-state index is 15.3. The van der Waals surface area contributed by atoms with Crippen LogP contribution in [0.1, 0.15) is 29.6 Å². The number of aromatic carboxylic acids is 1. The molecule has 9 heteroatoms. The summed E-state index contributed by atoms with van der Waals surface area (Å²) in [7, 11) is 1.71. The van der Waals surface area contributed by atoms with Crippen molar-refractivity contribution in [1.82, 2.24) is 4.68 Å². The van der Waals surface area contributed by atoms with Gasteiger partial charge in [-0.25, -0.2) is 9.18 Å². The summed E-state index contributed by atoms with van der Waals surface area (Å²) in [6, 6.07) is 1.26. The number of benzene rings is 1. The number of carboxylic acids is 1. The van der Waals surface area contributed by atoms with E-state index in [0.29, 0.717) is 41.9 Å². The van der Waals surface area contributed by atoms with Crippen LogP contribution in [0.5, 0.6) is 5.75 Å². The number of halogens is 1. The number of carboxylic acid groups (broad SMARTS) is 1. The molecule has 3 N–H and O–H groups in total. The molecule has 0 unspecified atom stereocenters. The number of carbonyl (C=O) groups is 1. The zero-order chi connectivity index (χ0) is 20.4. The van der Waals surface area contributed by atoms with Gasteiger partial charge in [-0.1, -0.05) is 6.42 Å². The van der Waals surface area contributed by atoms with Crippen molar-refractivity contribution in [3.63, 3.8) is 0 Å². The molecule has 3 heterocycles. The Morgan fingerprint density at radius 2 is 2.14 bits per heavy atom. The summed E-state index contributed by atoms with van der Waals surface area (Å²) in [4.78, 5) is 26.2. The highest BCUT2D eigenvalue weighted by atomic mass is 19.1. The van der Waals surface area contributed by atoms with Gasteiger partial charge in [-0.2, -0.15) is 0 Å². The summed E-state index contributed by atoms with van der Waals surface area (Å²) >= 11 is 0. The molecule has 0 amide bonds. The molecule has 154 valence electrons. The number of aromatic nitrogens is 1. The third-order valence-electron chi connectivity index (χ3n) is 6.62. The molecule has 8 nitrogen and oxygen atoms in total. The van der Waals surface area contributed by atoms with Gasteiger partial charge in [0.25, 0.3) is 0 Å². The fraction of sp³-hybridized carbons (Fsp3) is 0.500. The van der Waals surface area contributed by atoms with Crippen LogP contribution in [0.25, 0.3) is 10.9 Å². The van der Waals surface area contributed by atoms with E-state index in [0.717, 1.165) is 25.3 Å². The summed E-state index contributed by atoms with van der Waals surface area (Å²) in [5, 5.41) is 11.0. The second kappa shape index (κ2) is 6.35. The first kappa shape index (κ1) is 18.2. The van der Waals surface area contributed by atoms with Crippen LogP contribution in [-0.4, -0.2) is 48.7 Å². The molecule has 1 aromatic heterocycles. The van der Waals surface area contributed by atoms with Gasteiger partial charge < -0.3 is 20.5 Å². The number of nitrogens with two attached hydrogens (primary N) is 1. The fourth-order valence-corrected chi connectivity index (χ4v) is 5.17. The Labute approximate surface area is 166 Å². The molecule has 1 aromatic carbocycles. The van der Waals surface area contributed by atoms with E-state index in [-0.39, 0.29) is 18.2 Å². The normalized spacial score (nSPS) is 25.8.